The molecular weight excluding hydrogens is 286 g/mol. The molecule has 0 saturated heterocycles. The largest absolute Gasteiger partial charge is 0.569 e. The van der Waals surface area contributed by atoms with Crippen molar-refractivity contribution in [3.05, 3.63) is 5.21 Å². The number of carbonyl (C=O) groups excluding carboxylic acids is 2. The molecule has 1 N–H and O–H groups in total. The maximum Gasteiger partial charge on any atom is 0.233 e. The minimum absolute atomic E-state index is 0.0378. The molecule has 122 valence electrons. The smallest absolute Gasteiger partial charge is 0.233 e. The molecule has 2 amide bonds. The Labute approximate surface area is 122 Å². The van der Waals surface area contributed by atoms with Crippen LogP contribution in [-0.2, 0) is 19.3 Å². The zero-order valence-electron chi connectivity index (χ0n) is 12.1. The molecule has 0 aromatic carbocycles. The minimum atomic E-state index is -0.0378. The van der Waals surface area contributed by atoms with Crippen LogP contribution in [0.25, 0.3) is 0 Å². The summed E-state index contributed by atoms with van der Waals surface area (Å²) in [5, 5.41) is 25.5. The van der Waals surface area contributed by atoms with E-state index in [0.29, 0.717) is 26.0 Å². The lowest BCUT2D eigenvalue weighted by molar-refractivity contribution is -0.709. The Bertz CT molecular complexity index is 307. The summed E-state index contributed by atoms with van der Waals surface area (Å²) in [5.74, 6) is 0. The molecule has 0 aromatic rings. The average molecular weight is 307 g/mol. The van der Waals surface area contributed by atoms with Crippen LogP contribution in [0.4, 0.5) is 0 Å². The van der Waals surface area contributed by atoms with Crippen molar-refractivity contribution in [1.82, 2.24) is 15.1 Å². The topological polar surface area (TPSA) is 121 Å². The summed E-state index contributed by atoms with van der Waals surface area (Å²) >= 11 is 0. The van der Waals surface area contributed by atoms with Gasteiger partial charge in [-0.2, -0.15) is 0 Å². The van der Waals surface area contributed by atoms with Gasteiger partial charge in [0.1, 0.15) is 0 Å². The molecule has 0 atom stereocenters. The Morgan fingerprint density at radius 3 is 1.76 bits per heavy atom. The summed E-state index contributed by atoms with van der Waals surface area (Å²) in [6.07, 6.45) is 0.954. The fourth-order valence-corrected chi connectivity index (χ4v) is 1.39. The van der Waals surface area contributed by atoms with Crippen LogP contribution in [0.15, 0.2) is 5.28 Å². The predicted octanol–water partition coefficient (Wildman–Crippen LogP) is -0.625. The second-order valence-electron chi connectivity index (χ2n) is 3.62. The van der Waals surface area contributed by atoms with Crippen LogP contribution in [0, 0.1) is 5.21 Å². The van der Waals surface area contributed by atoms with Gasteiger partial charge in [-0.15, -0.1) is 5.01 Å². The molecule has 21 heavy (non-hydrogen) atoms. The Morgan fingerprint density at radius 1 is 1.05 bits per heavy atom. The van der Waals surface area contributed by atoms with Crippen LogP contribution in [0.3, 0.4) is 0 Å². The summed E-state index contributed by atoms with van der Waals surface area (Å²) in [6.45, 7) is 4.28. The molecule has 0 unspecified atom stereocenters. The molecule has 0 aliphatic rings. The van der Waals surface area contributed by atoms with E-state index in [1.165, 1.54) is 0 Å². The van der Waals surface area contributed by atoms with Crippen molar-refractivity contribution in [3.63, 3.8) is 0 Å². The lowest BCUT2D eigenvalue weighted by Crippen LogP contribution is -2.42. The second-order valence-corrected chi connectivity index (χ2v) is 3.62. The molecule has 0 saturated carbocycles. The SMILES string of the molecule is CCON(C=O)CCN(CCN(C=O)OCC)[N+]([O-])=NO. The van der Waals surface area contributed by atoms with E-state index < -0.39 is 0 Å². The van der Waals surface area contributed by atoms with Crippen molar-refractivity contribution in [2.24, 2.45) is 5.28 Å². The highest BCUT2D eigenvalue weighted by atomic mass is 16.7. The van der Waals surface area contributed by atoms with Gasteiger partial charge in [0.15, 0.2) is 0 Å². The highest BCUT2D eigenvalue weighted by Crippen LogP contribution is 1.96. The molecule has 0 aromatic heterocycles. The first-order valence-corrected chi connectivity index (χ1v) is 6.39. The van der Waals surface area contributed by atoms with E-state index in [1.807, 2.05) is 0 Å². The zero-order chi connectivity index (χ0) is 16.1. The van der Waals surface area contributed by atoms with E-state index in [9.17, 15) is 14.8 Å². The summed E-state index contributed by atoms with van der Waals surface area (Å²) < 4.78 is 0. The van der Waals surface area contributed by atoms with Crippen molar-refractivity contribution in [3.8, 4) is 0 Å². The van der Waals surface area contributed by atoms with Crippen LogP contribution in [-0.4, -0.2) is 77.5 Å². The summed E-state index contributed by atoms with van der Waals surface area (Å²) in [6, 6.07) is 0. The lowest BCUT2D eigenvalue weighted by atomic mass is 10.5. The summed E-state index contributed by atoms with van der Waals surface area (Å²) in [4.78, 5) is 31.3. The average Bonchev–Trinajstić information content (AvgIpc) is 2.51. The van der Waals surface area contributed by atoms with Gasteiger partial charge in [-0.05, 0) is 13.8 Å². The lowest BCUT2D eigenvalue weighted by Gasteiger charge is -2.23. The number of amides is 2. The van der Waals surface area contributed by atoms with Crippen molar-refractivity contribution < 1.29 is 29.4 Å². The molecule has 0 aliphatic heterocycles. The Balaban J connectivity index is 4.45. The summed E-state index contributed by atoms with van der Waals surface area (Å²) in [7, 11) is 0. The van der Waals surface area contributed by atoms with Gasteiger partial charge >= 0.3 is 0 Å². The normalized spacial score (nSPS) is 11.0. The monoisotopic (exact) mass is 307 g/mol. The number of nitrogens with zero attached hydrogens (tertiary/aromatic N) is 5. The van der Waals surface area contributed by atoms with E-state index in [-0.39, 0.29) is 31.1 Å². The van der Waals surface area contributed by atoms with Gasteiger partial charge < -0.3 is 10.4 Å². The molecular formula is C10H21N5O6. The van der Waals surface area contributed by atoms with Gasteiger partial charge in [0, 0.05) is 0 Å². The number of carbonyl (C=O) groups is 2. The van der Waals surface area contributed by atoms with E-state index in [2.05, 4.69) is 5.28 Å². The fourth-order valence-electron chi connectivity index (χ4n) is 1.39. The molecule has 0 spiro atoms. The highest BCUT2D eigenvalue weighted by Gasteiger charge is 2.16. The maximum absolute atomic E-state index is 11.4. The minimum Gasteiger partial charge on any atom is -0.569 e. The fraction of sp³-hybridized carbons (Fsp3) is 0.800. The number of hydrazine groups is 1. The number of rotatable bonds is 13. The Kier molecular flexibility index (Phi) is 10.5. The first kappa shape index (κ1) is 18.9. The zero-order valence-corrected chi connectivity index (χ0v) is 12.1. The Morgan fingerprint density at radius 2 is 1.48 bits per heavy atom. The van der Waals surface area contributed by atoms with Gasteiger partial charge in [0.05, 0.1) is 44.4 Å². The highest BCUT2D eigenvalue weighted by molar-refractivity contribution is 5.45. The molecule has 11 nitrogen and oxygen atoms in total. The van der Waals surface area contributed by atoms with Crippen LogP contribution in [0.5, 0.6) is 0 Å². The van der Waals surface area contributed by atoms with Gasteiger partial charge in [-0.3, -0.25) is 19.3 Å². The number of hydrogen-bond donors (Lipinski definition) is 1. The molecule has 0 bridgehead atoms. The standard InChI is InChI=1S/C10H21N5O6/c1-3-20-13(9-16)7-5-12(15(19)11-18)6-8-14(10-17)21-4-2/h9-10,18H,3-8H2,1-2H3. The van der Waals surface area contributed by atoms with Gasteiger partial charge in [0.25, 0.3) is 0 Å². The first-order chi connectivity index (χ1) is 10.1. The molecule has 0 heterocycles. The van der Waals surface area contributed by atoms with E-state index >= 15 is 0 Å². The van der Waals surface area contributed by atoms with E-state index in [4.69, 9.17) is 14.9 Å². The maximum atomic E-state index is 11.4. The number of hydrogen-bond acceptors (Lipinski definition) is 6. The van der Waals surface area contributed by atoms with Crippen molar-refractivity contribution >= 4 is 12.8 Å². The molecule has 0 rings (SSSR count). The van der Waals surface area contributed by atoms with Crippen LogP contribution >= 0.6 is 0 Å². The molecule has 0 aliphatic carbocycles. The van der Waals surface area contributed by atoms with E-state index in [1.54, 1.807) is 13.8 Å². The van der Waals surface area contributed by atoms with Crippen molar-refractivity contribution in [2.75, 3.05) is 39.4 Å². The third kappa shape index (κ3) is 7.89. The van der Waals surface area contributed by atoms with Gasteiger partial charge in [-0.25, -0.2) is 10.1 Å². The third-order valence-electron chi connectivity index (χ3n) is 2.30. The quantitative estimate of drug-likeness (QED) is 0.208. The third-order valence-corrected chi connectivity index (χ3v) is 2.30. The second kappa shape index (κ2) is 11.7. The van der Waals surface area contributed by atoms with E-state index in [0.717, 1.165) is 15.1 Å². The van der Waals surface area contributed by atoms with Crippen LogP contribution < -0.4 is 0 Å². The van der Waals surface area contributed by atoms with Crippen LogP contribution in [0.2, 0.25) is 0 Å². The van der Waals surface area contributed by atoms with Crippen molar-refractivity contribution in [2.45, 2.75) is 13.8 Å². The van der Waals surface area contributed by atoms with Gasteiger partial charge in [-0.1, -0.05) is 0 Å². The predicted molar refractivity (Wildman–Crippen MR) is 68.2 cm³/mol. The van der Waals surface area contributed by atoms with Crippen LogP contribution in [0.1, 0.15) is 13.8 Å². The van der Waals surface area contributed by atoms with Crippen molar-refractivity contribution in [1.29, 1.82) is 0 Å². The number of hydroxylamine groups is 4. The summed E-state index contributed by atoms with van der Waals surface area (Å²) in [5.41, 5.74) is 0. The molecule has 0 radical (unpaired) electrons. The first-order valence-electron chi connectivity index (χ1n) is 6.39. The molecule has 0 fully saturated rings. The van der Waals surface area contributed by atoms with Gasteiger partial charge in [0.2, 0.25) is 18.1 Å². The Hall–Kier alpha value is -2.14. The molecule has 11 heteroatoms.